The topological polar surface area (TPSA) is 58.6 Å². The number of aromatic nitrogens is 2. The molecule has 2 aliphatic rings. The van der Waals surface area contributed by atoms with Crippen molar-refractivity contribution in [3.8, 4) is 0 Å². The van der Waals surface area contributed by atoms with Gasteiger partial charge in [-0.25, -0.2) is 4.79 Å². The number of likely N-dealkylation sites (tertiary alicyclic amines) is 1. The molecule has 4 rings (SSSR count). The number of halogens is 1. The summed E-state index contributed by atoms with van der Waals surface area (Å²) in [5.74, 6) is 0.904. The van der Waals surface area contributed by atoms with Gasteiger partial charge in [-0.2, -0.15) is 5.10 Å². The van der Waals surface area contributed by atoms with Gasteiger partial charge in [0.15, 0.2) is 5.82 Å². The van der Waals surface area contributed by atoms with Crippen molar-refractivity contribution in [2.75, 3.05) is 18.0 Å². The number of ether oxygens (including phenoxy) is 1. The smallest absolute Gasteiger partial charge is 0.410 e. The normalized spacial score (nSPS) is 22.7. The standard InChI is InChI=1S/C18H21BrN4O2/c1-18(2,3)25-17(24)23-10-13-7-14(23)9-22(13)16-15-5-4-12(19)6-11(15)8-20-21-16/h4-6,8,13-14H,7,9-10H2,1-3H3. The monoisotopic (exact) mass is 404 g/mol. The number of piperazine rings is 1. The van der Waals surface area contributed by atoms with E-state index in [4.69, 9.17) is 4.74 Å². The molecule has 1 amide bonds. The second-order valence-electron chi connectivity index (χ2n) is 7.73. The van der Waals surface area contributed by atoms with Gasteiger partial charge in [0.25, 0.3) is 0 Å². The highest BCUT2D eigenvalue weighted by molar-refractivity contribution is 9.10. The summed E-state index contributed by atoms with van der Waals surface area (Å²) in [5, 5.41) is 10.7. The fraction of sp³-hybridized carbons (Fsp3) is 0.500. The summed E-state index contributed by atoms with van der Waals surface area (Å²) < 4.78 is 6.56. The molecular formula is C18H21BrN4O2. The second-order valence-corrected chi connectivity index (χ2v) is 8.64. The Labute approximate surface area is 155 Å². The van der Waals surface area contributed by atoms with Gasteiger partial charge < -0.3 is 14.5 Å². The van der Waals surface area contributed by atoms with Gasteiger partial charge in [0.2, 0.25) is 0 Å². The Hall–Kier alpha value is -1.89. The number of nitrogens with zero attached hydrogens (tertiary/aromatic N) is 4. The molecule has 2 saturated heterocycles. The first-order chi connectivity index (χ1) is 11.8. The number of amides is 1. The van der Waals surface area contributed by atoms with Crippen LogP contribution in [-0.4, -0.2) is 52.0 Å². The van der Waals surface area contributed by atoms with Gasteiger partial charge in [-0.15, -0.1) is 5.10 Å². The number of rotatable bonds is 1. The van der Waals surface area contributed by atoms with Gasteiger partial charge >= 0.3 is 6.09 Å². The van der Waals surface area contributed by atoms with Crippen molar-refractivity contribution in [1.82, 2.24) is 15.1 Å². The minimum absolute atomic E-state index is 0.173. The molecule has 1 aromatic heterocycles. The Balaban J connectivity index is 1.56. The van der Waals surface area contributed by atoms with E-state index in [1.54, 1.807) is 6.20 Å². The summed E-state index contributed by atoms with van der Waals surface area (Å²) in [7, 11) is 0. The molecule has 2 fully saturated rings. The minimum atomic E-state index is -0.465. The predicted molar refractivity (Wildman–Crippen MR) is 99.7 cm³/mol. The van der Waals surface area contributed by atoms with Crippen molar-refractivity contribution < 1.29 is 9.53 Å². The van der Waals surface area contributed by atoms with E-state index < -0.39 is 5.60 Å². The molecule has 6 nitrogen and oxygen atoms in total. The predicted octanol–water partition coefficient (Wildman–Crippen LogP) is 3.59. The van der Waals surface area contributed by atoms with Crippen LogP contribution in [0.3, 0.4) is 0 Å². The lowest BCUT2D eigenvalue weighted by atomic mass is 10.1. The summed E-state index contributed by atoms with van der Waals surface area (Å²) in [6, 6.07) is 6.58. The molecule has 2 aromatic rings. The third-order valence-electron chi connectivity index (χ3n) is 4.74. The Morgan fingerprint density at radius 2 is 2.08 bits per heavy atom. The lowest BCUT2D eigenvalue weighted by molar-refractivity contribution is 0.0214. The third kappa shape index (κ3) is 3.05. The summed E-state index contributed by atoms with van der Waals surface area (Å²) in [5.41, 5.74) is -0.465. The van der Waals surface area contributed by atoms with Crippen molar-refractivity contribution in [2.24, 2.45) is 0 Å². The first-order valence-electron chi connectivity index (χ1n) is 8.49. The number of carbonyl (C=O) groups is 1. The number of fused-ring (bicyclic) bond motifs is 3. The molecule has 7 heteroatoms. The van der Waals surface area contributed by atoms with Crippen LogP contribution in [0.5, 0.6) is 0 Å². The van der Waals surface area contributed by atoms with Crippen molar-refractivity contribution in [2.45, 2.75) is 44.9 Å². The zero-order valence-corrected chi connectivity index (χ0v) is 16.2. The second kappa shape index (κ2) is 5.83. The van der Waals surface area contributed by atoms with E-state index in [-0.39, 0.29) is 18.2 Å². The quantitative estimate of drug-likeness (QED) is 0.726. The molecule has 1 aromatic carbocycles. The molecule has 3 heterocycles. The lowest BCUT2D eigenvalue weighted by Gasteiger charge is -2.35. The minimum Gasteiger partial charge on any atom is -0.444 e. The molecule has 25 heavy (non-hydrogen) atoms. The number of benzene rings is 1. The van der Waals surface area contributed by atoms with Crippen molar-refractivity contribution >= 4 is 38.6 Å². The average molecular weight is 405 g/mol. The summed E-state index contributed by atoms with van der Waals surface area (Å²) >= 11 is 3.50. The van der Waals surface area contributed by atoms with E-state index in [1.807, 2.05) is 31.7 Å². The molecule has 2 unspecified atom stereocenters. The first kappa shape index (κ1) is 16.6. The molecule has 132 valence electrons. The van der Waals surface area contributed by atoms with Crippen LogP contribution in [-0.2, 0) is 4.74 Å². The maximum Gasteiger partial charge on any atom is 0.410 e. The molecule has 2 bridgehead atoms. The molecule has 0 radical (unpaired) electrons. The van der Waals surface area contributed by atoms with Crippen molar-refractivity contribution in [1.29, 1.82) is 0 Å². The maximum absolute atomic E-state index is 12.4. The SMILES string of the molecule is CC(C)(C)OC(=O)N1CC2CC1CN2c1nncc2cc(Br)ccc12. The van der Waals surface area contributed by atoms with Gasteiger partial charge in [0.05, 0.1) is 18.3 Å². The Bertz CT molecular complexity index is 835. The molecule has 2 atom stereocenters. The molecule has 0 spiro atoms. The molecule has 0 aliphatic carbocycles. The fourth-order valence-corrected chi connectivity index (χ4v) is 4.11. The van der Waals surface area contributed by atoms with E-state index in [2.05, 4.69) is 43.2 Å². The van der Waals surface area contributed by atoms with Crippen LogP contribution in [0.15, 0.2) is 28.9 Å². The van der Waals surface area contributed by atoms with E-state index >= 15 is 0 Å². The Morgan fingerprint density at radius 3 is 2.76 bits per heavy atom. The van der Waals surface area contributed by atoms with Gasteiger partial charge in [-0.05, 0) is 45.4 Å². The third-order valence-corrected chi connectivity index (χ3v) is 5.24. The van der Waals surface area contributed by atoms with Crippen LogP contribution in [0.1, 0.15) is 27.2 Å². The van der Waals surface area contributed by atoms with Crippen molar-refractivity contribution in [3.63, 3.8) is 0 Å². The average Bonchev–Trinajstić information content (AvgIpc) is 3.12. The molecule has 0 saturated carbocycles. The molecule has 2 aliphatic heterocycles. The first-order valence-corrected chi connectivity index (χ1v) is 9.28. The van der Waals surface area contributed by atoms with Crippen LogP contribution >= 0.6 is 15.9 Å². The maximum atomic E-state index is 12.4. The highest BCUT2D eigenvalue weighted by atomic mass is 79.9. The molecule has 0 N–H and O–H groups in total. The van der Waals surface area contributed by atoms with Gasteiger partial charge in [-0.1, -0.05) is 15.9 Å². The summed E-state index contributed by atoms with van der Waals surface area (Å²) in [6.45, 7) is 7.14. The number of carbonyl (C=O) groups excluding carboxylic acids is 1. The van der Waals surface area contributed by atoms with Gasteiger partial charge in [0, 0.05) is 28.3 Å². The summed E-state index contributed by atoms with van der Waals surface area (Å²) in [4.78, 5) is 16.5. The van der Waals surface area contributed by atoms with E-state index in [0.29, 0.717) is 6.54 Å². The number of anilines is 1. The van der Waals surface area contributed by atoms with Crippen LogP contribution in [0, 0.1) is 0 Å². The largest absolute Gasteiger partial charge is 0.444 e. The number of hydrogen-bond acceptors (Lipinski definition) is 5. The van der Waals surface area contributed by atoms with Gasteiger partial charge in [-0.3, -0.25) is 0 Å². The lowest BCUT2D eigenvalue weighted by Crippen LogP contribution is -2.50. The van der Waals surface area contributed by atoms with Crippen molar-refractivity contribution in [3.05, 3.63) is 28.9 Å². The van der Waals surface area contributed by atoms with E-state index in [1.165, 1.54) is 0 Å². The zero-order chi connectivity index (χ0) is 17.8. The van der Waals surface area contributed by atoms with Crippen LogP contribution in [0.25, 0.3) is 10.8 Å². The molecular weight excluding hydrogens is 384 g/mol. The summed E-state index contributed by atoms with van der Waals surface area (Å²) in [6.07, 6.45) is 2.52. The zero-order valence-electron chi connectivity index (χ0n) is 14.6. The van der Waals surface area contributed by atoms with E-state index in [0.717, 1.165) is 34.0 Å². The van der Waals surface area contributed by atoms with E-state index in [9.17, 15) is 4.79 Å². The fourth-order valence-electron chi connectivity index (χ4n) is 3.73. The number of hydrogen-bond donors (Lipinski definition) is 0. The van der Waals surface area contributed by atoms with Crippen LogP contribution < -0.4 is 4.90 Å². The Kier molecular flexibility index (Phi) is 3.86. The highest BCUT2D eigenvalue weighted by Gasteiger charge is 2.47. The Morgan fingerprint density at radius 1 is 1.28 bits per heavy atom. The van der Waals surface area contributed by atoms with Crippen LogP contribution in [0.2, 0.25) is 0 Å². The highest BCUT2D eigenvalue weighted by Crippen LogP contribution is 2.37. The van der Waals surface area contributed by atoms with Gasteiger partial charge in [0.1, 0.15) is 5.60 Å². The van der Waals surface area contributed by atoms with Crippen LogP contribution in [0.4, 0.5) is 10.6 Å².